The summed E-state index contributed by atoms with van der Waals surface area (Å²) >= 11 is 0. The fourth-order valence-electron chi connectivity index (χ4n) is 0.467. The molecule has 0 amide bonds. The first-order chi connectivity index (χ1) is 4.09. The molecule has 0 aliphatic carbocycles. The molecular weight excluding hydrogens is 143 g/mol. The summed E-state index contributed by atoms with van der Waals surface area (Å²) in [5.74, 6) is -1.29. The first kappa shape index (κ1) is 13.1. The number of rotatable bonds is 3. The van der Waals surface area contributed by atoms with Crippen LogP contribution in [0.5, 0.6) is 0 Å². The van der Waals surface area contributed by atoms with Gasteiger partial charge in [-0.15, -0.1) is 0 Å². The van der Waals surface area contributed by atoms with E-state index in [-0.39, 0.29) is 35.5 Å². The molecule has 0 unspecified atom stereocenters. The van der Waals surface area contributed by atoms with E-state index in [9.17, 15) is 4.79 Å². The minimum atomic E-state index is -1.20. The van der Waals surface area contributed by atoms with E-state index in [1.165, 1.54) is 0 Å². The summed E-state index contributed by atoms with van der Waals surface area (Å²) in [6.45, 7) is 3.55. The zero-order valence-corrected chi connectivity index (χ0v) is 8.66. The summed E-state index contributed by atoms with van der Waals surface area (Å²) in [6, 6.07) is 0. The Kier molecular flexibility index (Phi) is 8.04. The zero-order chi connectivity index (χ0) is 7.44. The molecule has 0 aromatic rings. The smallest absolute Gasteiger partial charge is 0.332 e. The molecule has 3 nitrogen and oxygen atoms in total. The molecule has 0 rings (SSSR count). The Labute approximate surface area is 82.7 Å². The Morgan fingerprint density at radius 1 is 1.60 bits per heavy atom. The van der Waals surface area contributed by atoms with E-state index in [0.29, 0.717) is 6.42 Å². The van der Waals surface area contributed by atoms with Crippen LogP contribution in [0.15, 0.2) is 0 Å². The van der Waals surface area contributed by atoms with Gasteiger partial charge in [0.1, 0.15) is 0 Å². The topological polar surface area (TPSA) is 57.5 Å². The van der Waals surface area contributed by atoms with E-state index in [0.717, 1.165) is 0 Å². The van der Waals surface area contributed by atoms with Crippen molar-refractivity contribution in [2.24, 2.45) is 5.92 Å². The van der Waals surface area contributed by atoms with Gasteiger partial charge in [-0.05, 0) is 5.92 Å². The summed E-state index contributed by atoms with van der Waals surface area (Å²) in [5.41, 5.74) is 0. The van der Waals surface area contributed by atoms with Gasteiger partial charge in [0.2, 0.25) is 0 Å². The molecule has 0 aromatic heterocycles. The average Bonchev–Trinajstić information content (AvgIpc) is 1.84. The molecule has 2 atom stereocenters. The van der Waals surface area contributed by atoms with Gasteiger partial charge in [-0.3, -0.25) is 0 Å². The van der Waals surface area contributed by atoms with Crippen molar-refractivity contribution in [2.45, 2.75) is 26.4 Å². The van der Waals surface area contributed by atoms with Crippen LogP contribution in [0.25, 0.3) is 0 Å². The van der Waals surface area contributed by atoms with Crippen molar-refractivity contribution in [1.82, 2.24) is 0 Å². The first-order valence-electron chi connectivity index (χ1n) is 3.00. The fraction of sp³-hybridized carbons (Fsp3) is 0.833. The van der Waals surface area contributed by atoms with Crippen molar-refractivity contribution in [3.63, 3.8) is 0 Å². The number of hydrogen-bond donors (Lipinski definition) is 2. The van der Waals surface area contributed by atoms with Crippen molar-refractivity contribution in [1.29, 1.82) is 0 Å². The molecule has 0 spiro atoms. The maximum Gasteiger partial charge on any atom is 0.332 e. The monoisotopic (exact) mass is 155 g/mol. The average molecular weight is 155 g/mol. The second-order valence-electron chi connectivity index (χ2n) is 2.17. The third kappa shape index (κ3) is 4.28. The van der Waals surface area contributed by atoms with Crippen molar-refractivity contribution in [2.75, 3.05) is 0 Å². The molecule has 2 N–H and O–H groups in total. The molecule has 0 saturated carbocycles. The Balaban J connectivity index is 0. The van der Waals surface area contributed by atoms with Gasteiger partial charge in [-0.1, -0.05) is 20.3 Å². The molecule has 0 aliphatic rings. The minimum Gasteiger partial charge on any atom is -0.479 e. The maximum atomic E-state index is 10.0. The number of aliphatic carboxylic acids is 1. The third-order valence-corrected chi connectivity index (χ3v) is 1.44. The fourth-order valence-corrected chi connectivity index (χ4v) is 0.467. The molecule has 0 aliphatic heterocycles. The van der Waals surface area contributed by atoms with Crippen molar-refractivity contribution >= 4 is 35.5 Å². The normalized spacial score (nSPS) is 15.1. The van der Waals surface area contributed by atoms with Gasteiger partial charge in [0.25, 0.3) is 0 Å². The van der Waals surface area contributed by atoms with Crippen LogP contribution in [0.2, 0.25) is 0 Å². The predicted octanol–water partition coefficient (Wildman–Crippen LogP) is 0.0972. The summed E-state index contributed by atoms with van der Waals surface area (Å²) in [7, 11) is 0. The number of hydrogen-bond acceptors (Lipinski definition) is 2. The molecule has 4 heteroatoms. The molecule has 1 radical (unpaired) electrons. The van der Waals surface area contributed by atoms with Crippen LogP contribution < -0.4 is 0 Å². The minimum absolute atomic E-state index is 0. The molecule has 0 bridgehead atoms. The standard InChI is InChI=1S/C6H12O3.Na/c1-3-4(2)5(7)6(8)9;/h4-5,7H,3H2,1-2H3,(H,8,9);/t4-,5-;/m0./s1. The van der Waals surface area contributed by atoms with Crippen molar-refractivity contribution < 1.29 is 15.0 Å². The third-order valence-electron chi connectivity index (χ3n) is 1.44. The van der Waals surface area contributed by atoms with E-state index in [2.05, 4.69) is 0 Å². The maximum absolute atomic E-state index is 10.0. The van der Waals surface area contributed by atoms with E-state index in [4.69, 9.17) is 10.2 Å². The number of aliphatic hydroxyl groups excluding tert-OH is 1. The van der Waals surface area contributed by atoms with Crippen molar-refractivity contribution in [3.8, 4) is 0 Å². The number of carboxylic acid groups (broad SMARTS) is 1. The van der Waals surface area contributed by atoms with Crippen LogP contribution in [0, 0.1) is 5.92 Å². The van der Waals surface area contributed by atoms with Crippen LogP contribution in [-0.4, -0.2) is 51.8 Å². The Morgan fingerprint density at radius 2 is 2.00 bits per heavy atom. The van der Waals surface area contributed by atoms with Crippen LogP contribution in [0.3, 0.4) is 0 Å². The van der Waals surface area contributed by atoms with E-state index >= 15 is 0 Å². The molecule has 0 fully saturated rings. The van der Waals surface area contributed by atoms with Crippen LogP contribution >= 0.6 is 0 Å². The molecule has 0 aromatic carbocycles. The molecule has 0 heterocycles. The van der Waals surface area contributed by atoms with Gasteiger partial charge >= 0.3 is 5.97 Å². The van der Waals surface area contributed by atoms with Gasteiger partial charge in [-0.2, -0.15) is 0 Å². The largest absolute Gasteiger partial charge is 0.479 e. The number of aliphatic hydroxyl groups is 1. The van der Waals surface area contributed by atoms with Crippen LogP contribution in [0.4, 0.5) is 0 Å². The quantitative estimate of drug-likeness (QED) is 0.568. The summed E-state index contributed by atoms with van der Waals surface area (Å²) in [6.07, 6.45) is -0.511. The number of carbonyl (C=O) groups is 1. The van der Waals surface area contributed by atoms with Gasteiger partial charge in [0.15, 0.2) is 6.10 Å². The van der Waals surface area contributed by atoms with E-state index < -0.39 is 12.1 Å². The Hall–Kier alpha value is 0.430. The molecule has 55 valence electrons. The summed E-state index contributed by atoms with van der Waals surface area (Å²) < 4.78 is 0. The number of carboxylic acids is 1. The summed E-state index contributed by atoms with van der Waals surface area (Å²) in [5, 5.41) is 17.0. The second kappa shape index (κ2) is 6.16. The van der Waals surface area contributed by atoms with Crippen LogP contribution in [0.1, 0.15) is 20.3 Å². The van der Waals surface area contributed by atoms with Crippen LogP contribution in [-0.2, 0) is 4.79 Å². The van der Waals surface area contributed by atoms with Gasteiger partial charge in [-0.25, -0.2) is 4.79 Å². The molecular formula is C6H12NaO3. The zero-order valence-electron chi connectivity index (χ0n) is 6.66. The summed E-state index contributed by atoms with van der Waals surface area (Å²) in [4.78, 5) is 10.0. The van der Waals surface area contributed by atoms with Crippen molar-refractivity contribution in [3.05, 3.63) is 0 Å². The van der Waals surface area contributed by atoms with E-state index in [1.807, 2.05) is 6.92 Å². The Bertz CT molecular complexity index is 105. The van der Waals surface area contributed by atoms with Gasteiger partial charge in [0, 0.05) is 29.6 Å². The molecule has 10 heavy (non-hydrogen) atoms. The molecule has 0 saturated heterocycles. The van der Waals surface area contributed by atoms with Gasteiger partial charge in [0.05, 0.1) is 0 Å². The predicted molar refractivity (Wildman–Crippen MR) is 38.9 cm³/mol. The Morgan fingerprint density at radius 3 is 2.10 bits per heavy atom. The van der Waals surface area contributed by atoms with Gasteiger partial charge < -0.3 is 10.2 Å². The SMILES string of the molecule is CC[C@H](C)[C@H](O)C(=O)O.[Na]. The van der Waals surface area contributed by atoms with E-state index in [1.54, 1.807) is 6.92 Å². The first-order valence-corrected chi connectivity index (χ1v) is 3.00. The second-order valence-corrected chi connectivity index (χ2v) is 2.17.